The zero-order valence-electron chi connectivity index (χ0n) is 9.34. The maximum atomic E-state index is 10.7. The van der Waals surface area contributed by atoms with E-state index in [2.05, 4.69) is 4.98 Å². The molecule has 1 rings (SSSR count). The lowest BCUT2D eigenvalue weighted by Crippen LogP contribution is -2.20. The molecule has 1 atom stereocenters. The van der Waals surface area contributed by atoms with Gasteiger partial charge in [-0.15, -0.1) is 0 Å². The van der Waals surface area contributed by atoms with Gasteiger partial charge in [-0.2, -0.15) is 0 Å². The quantitative estimate of drug-likeness (QED) is 0.796. The summed E-state index contributed by atoms with van der Waals surface area (Å²) in [6.45, 7) is 4.81. The predicted octanol–water partition coefficient (Wildman–Crippen LogP) is 1.58. The van der Waals surface area contributed by atoms with Gasteiger partial charge in [0, 0.05) is 12.7 Å². The Hall–Kier alpha value is -1.62. The van der Waals surface area contributed by atoms with E-state index in [1.807, 2.05) is 13.8 Å². The molecule has 0 fully saturated rings. The molecule has 0 spiro atoms. The number of pyridine rings is 1. The first-order chi connectivity index (χ1) is 7.63. The van der Waals surface area contributed by atoms with Gasteiger partial charge in [0.15, 0.2) is 5.69 Å². The van der Waals surface area contributed by atoms with E-state index in [9.17, 15) is 4.79 Å². The van der Waals surface area contributed by atoms with Gasteiger partial charge in [-0.3, -0.25) is 0 Å². The molecule has 1 unspecified atom stereocenters. The van der Waals surface area contributed by atoms with Gasteiger partial charge in [-0.1, -0.05) is 6.07 Å². The summed E-state index contributed by atoms with van der Waals surface area (Å²) >= 11 is 0. The molecule has 1 heterocycles. The summed E-state index contributed by atoms with van der Waals surface area (Å²) < 4.78 is 10.6. The van der Waals surface area contributed by atoms with Gasteiger partial charge < -0.3 is 14.6 Å². The third kappa shape index (κ3) is 3.86. The van der Waals surface area contributed by atoms with Crippen LogP contribution in [0, 0.1) is 0 Å². The third-order valence-electron chi connectivity index (χ3n) is 1.82. The van der Waals surface area contributed by atoms with Crippen LogP contribution < -0.4 is 4.74 Å². The molecule has 1 aromatic rings. The lowest BCUT2D eigenvalue weighted by molar-refractivity contribution is 0.0619. The molecule has 0 radical (unpaired) electrons. The predicted molar refractivity (Wildman–Crippen MR) is 57.8 cm³/mol. The molecule has 0 bridgehead atoms. The minimum absolute atomic E-state index is 0.0268. The Balaban J connectivity index is 2.59. The van der Waals surface area contributed by atoms with Gasteiger partial charge in [0.2, 0.25) is 5.88 Å². The van der Waals surface area contributed by atoms with Crippen molar-refractivity contribution in [3.05, 3.63) is 23.9 Å². The second-order valence-electron chi connectivity index (χ2n) is 3.25. The summed E-state index contributed by atoms with van der Waals surface area (Å²) in [6, 6.07) is 4.64. The number of rotatable bonds is 6. The van der Waals surface area contributed by atoms with E-state index in [0.29, 0.717) is 19.1 Å². The maximum Gasteiger partial charge on any atom is 0.354 e. The molecular weight excluding hydrogens is 210 g/mol. The van der Waals surface area contributed by atoms with Crippen molar-refractivity contribution in [3.8, 4) is 5.88 Å². The fourth-order valence-corrected chi connectivity index (χ4v) is 1.12. The fourth-order valence-electron chi connectivity index (χ4n) is 1.12. The number of nitrogens with zero attached hydrogens (tertiary/aromatic N) is 1. The van der Waals surface area contributed by atoms with Crippen molar-refractivity contribution in [3.63, 3.8) is 0 Å². The molecule has 88 valence electrons. The SMILES string of the molecule is CCOCC(C)Oc1cccc(C(=O)O)n1. The summed E-state index contributed by atoms with van der Waals surface area (Å²) in [4.78, 5) is 14.5. The summed E-state index contributed by atoms with van der Waals surface area (Å²) in [6.07, 6.45) is -0.156. The minimum Gasteiger partial charge on any atom is -0.477 e. The Morgan fingerprint density at radius 1 is 1.56 bits per heavy atom. The molecule has 5 nitrogen and oxygen atoms in total. The molecule has 1 N–H and O–H groups in total. The highest BCUT2D eigenvalue weighted by molar-refractivity contribution is 5.85. The number of carboxylic acid groups (broad SMARTS) is 1. The Morgan fingerprint density at radius 3 is 2.94 bits per heavy atom. The van der Waals surface area contributed by atoms with Gasteiger partial charge in [0.25, 0.3) is 0 Å². The van der Waals surface area contributed by atoms with Gasteiger partial charge in [-0.25, -0.2) is 9.78 Å². The second kappa shape index (κ2) is 6.07. The highest BCUT2D eigenvalue weighted by Crippen LogP contribution is 2.09. The Bertz CT molecular complexity index is 354. The molecular formula is C11H15NO4. The summed E-state index contributed by atoms with van der Waals surface area (Å²) in [7, 11) is 0. The van der Waals surface area contributed by atoms with E-state index < -0.39 is 5.97 Å². The standard InChI is InChI=1S/C11H15NO4/c1-3-15-7-8(2)16-10-6-4-5-9(12-10)11(13)14/h4-6,8H,3,7H2,1-2H3,(H,13,14). The van der Waals surface area contributed by atoms with Crippen molar-refractivity contribution in [2.75, 3.05) is 13.2 Å². The van der Waals surface area contributed by atoms with Crippen LogP contribution in [0.4, 0.5) is 0 Å². The molecule has 5 heteroatoms. The minimum atomic E-state index is -1.07. The number of aromatic carboxylic acids is 1. The highest BCUT2D eigenvalue weighted by Gasteiger charge is 2.08. The molecule has 0 amide bonds. The molecule has 0 saturated heterocycles. The van der Waals surface area contributed by atoms with Crippen molar-refractivity contribution in [2.24, 2.45) is 0 Å². The largest absolute Gasteiger partial charge is 0.477 e. The molecule has 0 aliphatic rings. The van der Waals surface area contributed by atoms with E-state index in [-0.39, 0.29) is 11.8 Å². The van der Waals surface area contributed by atoms with Crippen molar-refractivity contribution in [1.82, 2.24) is 4.98 Å². The van der Waals surface area contributed by atoms with Crippen LogP contribution in [-0.2, 0) is 4.74 Å². The average Bonchev–Trinajstić information content (AvgIpc) is 2.26. The Labute approximate surface area is 94.0 Å². The Kier molecular flexibility index (Phi) is 4.72. The molecule has 0 aromatic carbocycles. The number of hydrogen-bond acceptors (Lipinski definition) is 4. The van der Waals surface area contributed by atoms with Crippen LogP contribution in [0.3, 0.4) is 0 Å². The van der Waals surface area contributed by atoms with Crippen LogP contribution in [0.15, 0.2) is 18.2 Å². The molecule has 0 aliphatic heterocycles. The molecule has 16 heavy (non-hydrogen) atoms. The number of carbonyl (C=O) groups is 1. The highest BCUT2D eigenvalue weighted by atomic mass is 16.5. The number of hydrogen-bond donors (Lipinski definition) is 1. The summed E-state index contributed by atoms with van der Waals surface area (Å²) in [5.74, 6) is -0.769. The van der Waals surface area contributed by atoms with Crippen molar-refractivity contribution < 1.29 is 19.4 Å². The van der Waals surface area contributed by atoms with Crippen LogP contribution in [0.1, 0.15) is 24.3 Å². The molecule has 1 aromatic heterocycles. The lowest BCUT2D eigenvalue weighted by atomic mass is 10.3. The van der Waals surface area contributed by atoms with E-state index in [4.69, 9.17) is 14.6 Å². The third-order valence-corrected chi connectivity index (χ3v) is 1.82. The van der Waals surface area contributed by atoms with Crippen LogP contribution in [0.25, 0.3) is 0 Å². The number of aromatic nitrogens is 1. The van der Waals surface area contributed by atoms with Crippen molar-refractivity contribution in [1.29, 1.82) is 0 Å². The topological polar surface area (TPSA) is 68.7 Å². The van der Waals surface area contributed by atoms with Crippen LogP contribution in [-0.4, -0.2) is 35.4 Å². The van der Waals surface area contributed by atoms with Gasteiger partial charge >= 0.3 is 5.97 Å². The number of ether oxygens (including phenoxy) is 2. The van der Waals surface area contributed by atoms with E-state index in [1.54, 1.807) is 12.1 Å². The Morgan fingerprint density at radius 2 is 2.31 bits per heavy atom. The molecule has 0 saturated carbocycles. The van der Waals surface area contributed by atoms with E-state index in [1.165, 1.54) is 6.07 Å². The first kappa shape index (κ1) is 12.4. The normalized spacial score (nSPS) is 12.1. The average molecular weight is 225 g/mol. The summed E-state index contributed by atoms with van der Waals surface area (Å²) in [5.41, 5.74) is -0.0268. The second-order valence-corrected chi connectivity index (χ2v) is 3.25. The lowest BCUT2D eigenvalue weighted by Gasteiger charge is -2.13. The number of carboxylic acids is 1. The first-order valence-corrected chi connectivity index (χ1v) is 5.08. The van der Waals surface area contributed by atoms with E-state index >= 15 is 0 Å². The van der Waals surface area contributed by atoms with Crippen LogP contribution >= 0.6 is 0 Å². The van der Waals surface area contributed by atoms with Gasteiger partial charge in [0.1, 0.15) is 6.10 Å². The van der Waals surface area contributed by atoms with Crippen LogP contribution in [0.5, 0.6) is 5.88 Å². The first-order valence-electron chi connectivity index (χ1n) is 5.08. The molecule has 0 aliphatic carbocycles. The summed E-state index contributed by atoms with van der Waals surface area (Å²) in [5, 5.41) is 8.74. The van der Waals surface area contributed by atoms with E-state index in [0.717, 1.165) is 0 Å². The van der Waals surface area contributed by atoms with Gasteiger partial charge in [-0.05, 0) is 19.9 Å². The monoisotopic (exact) mass is 225 g/mol. The smallest absolute Gasteiger partial charge is 0.354 e. The maximum absolute atomic E-state index is 10.7. The van der Waals surface area contributed by atoms with Crippen molar-refractivity contribution >= 4 is 5.97 Å². The van der Waals surface area contributed by atoms with Crippen LogP contribution in [0.2, 0.25) is 0 Å². The van der Waals surface area contributed by atoms with Crippen molar-refractivity contribution in [2.45, 2.75) is 20.0 Å². The zero-order chi connectivity index (χ0) is 12.0. The fraction of sp³-hybridized carbons (Fsp3) is 0.455. The zero-order valence-corrected chi connectivity index (χ0v) is 9.34. The van der Waals surface area contributed by atoms with Gasteiger partial charge in [0.05, 0.1) is 6.61 Å².